The third kappa shape index (κ3) is 4.74. The second-order valence-corrected chi connectivity index (χ2v) is 8.69. The highest BCUT2D eigenvalue weighted by molar-refractivity contribution is 8.07. The summed E-state index contributed by atoms with van der Waals surface area (Å²) in [6.07, 6.45) is 0. The summed E-state index contributed by atoms with van der Waals surface area (Å²) in [7, 11) is -3.85. The van der Waals surface area contributed by atoms with Gasteiger partial charge < -0.3 is 4.52 Å². The molecular formula is C12H20NO5PS2. The van der Waals surface area contributed by atoms with Crippen LogP contribution in [0.25, 0.3) is 0 Å². The quantitative estimate of drug-likeness (QED) is 0.758. The van der Waals surface area contributed by atoms with Gasteiger partial charge in [-0.1, -0.05) is 6.07 Å². The highest BCUT2D eigenvalue weighted by Gasteiger charge is 2.25. The van der Waals surface area contributed by atoms with Crippen molar-refractivity contribution in [2.45, 2.75) is 32.6 Å². The molecule has 0 aliphatic carbocycles. The Morgan fingerprint density at radius 1 is 1.19 bits per heavy atom. The fourth-order valence-electron chi connectivity index (χ4n) is 1.87. The second kappa shape index (κ2) is 7.17. The molecule has 0 saturated heterocycles. The van der Waals surface area contributed by atoms with Gasteiger partial charge in [-0.25, -0.2) is 13.6 Å². The van der Waals surface area contributed by atoms with Gasteiger partial charge >= 0.3 is 6.72 Å². The van der Waals surface area contributed by atoms with Crippen LogP contribution >= 0.6 is 6.72 Å². The van der Waals surface area contributed by atoms with Gasteiger partial charge in [0.25, 0.3) is 0 Å². The van der Waals surface area contributed by atoms with Crippen LogP contribution in [0.2, 0.25) is 0 Å². The maximum atomic E-state index is 11.7. The van der Waals surface area contributed by atoms with Gasteiger partial charge in [-0.2, -0.15) is 0 Å². The first-order valence-electron chi connectivity index (χ1n) is 6.36. The Morgan fingerprint density at radius 3 is 2.14 bits per heavy atom. The van der Waals surface area contributed by atoms with Gasteiger partial charge in [0.1, 0.15) is 5.75 Å². The predicted molar refractivity (Wildman–Crippen MR) is 85.5 cm³/mol. The van der Waals surface area contributed by atoms with Crippen molar-refractivity contribution in [2.75, 3.05) is 13.2 Å². The molecule has 6 nitrogen and oxygen atoms in total. The number of benzene rings is 1. The lowest BCUT2D eigenvalue weighted by Gasteiger charge is -2.23. The topological polar surface area (TPSA) is 87.8 Å². The predicted octanol–water partition coefficient (Wildman–Crippen LogP) is 2.63. The number of rotatable bonds is 7. The zero-order valence-corrected chi connectivity index (χ0v) is 15.0. The van der Waals surface area contributed by atoms with Crippen molar-refractivity contribution >= 4 is 28.5 Å². The van der Waals surface area contributed by atoms with E-state index in [9.17, 15) is 8.42 Å². The van der Waals surface area contributed by atoms with E-state index in [1.165, 1.54) is 0 Å². The van der Waals surface area contributed by atoms with Crippen LogP contribution in [0.1, 0.15) is 25.0 Å². The molecule has 0 saturated carbocycles. The first-order valence-corrected chi connectivity index (χ1v) is 10.5. The summed E-state index contributed by atoms with van der Waals surface area (Å²) in [5.41, 5.74) is 0.939. The minimum atomic E-state index is -3.85. The monoisotopic (exact) mass is 353 g/mol. The van der Waals surface area contributed by atoms with Crippen LogP contribution in [-0.2, 0) is 30.9 Å². The molecule has 0 aliphatic rings. The number of hydrogen-bond donors (Lipinski definition) is 1. The van der Waals surface area contributed by atoms with Crippen LogP contribution in [0, 0.1) is 13.8 Å². The minimum Gasteiger partial charge on any atom is -0.424 e. The summed E-state index contributed by atoms with van der Waals surface area (Å²) in [5, 5.41) is 5.25. The normalized spacial score (nSPS) is 12.4. The van der Waals surface area contributed by atoms with E-state index >= 15 is 0 Å². The van der Waals surface area contributed by atoms with Crippen molar-refractivity contribution in [1.29, 1.82) is 0 Å². The van der Waals surface area contributed by atoms with E-state index in [-0.39, 0.29) is 4.90 Å². The van der Waals surface area contributed by atoms with Gasteiger partial charge in [-0.05, 0) is 39.3 Å². The summed E-state index contributed by atoms with van der Waals surface area (Å²) < 4.78 is 39.8. The Morgan fingerprint density at radius 2 is 1.71 bits per heavy atom. The van der Waals surface area contributed by atoms with Crippen molar-refractivity contribution in [2.24, 2.45) is 5.14 Å². The molecule has 21 heavy (non-hydrogen) atoms. The van der Waals surface area contributed by atoms with Gasteiger partial charge in [-0.3, -0.25) is 9.05 Å². The van der Waals surface area contributed by atoms with Gasteiger partial charge in [0, 0.05) is 17.4 Å². The average Bonchev–Trinajstić information content (AvgIpc) is 2.32. The SMILES string of the molecule is CCOP(=S)(OCC)Oc1ccc(C)c(S(N)(=O)=O)c1C. The molecule has 0 atom stereocenters. The summed E-state index contributed by atoms with van der Waals surface area (Å²) in [4.78, 5) is 0.0366. The van der Waals surface area contributed by atoms with Gasteiger partial charge in [0.2, 0.25) is 10.0 Å². The molecule has 1 aromatic rings. The zero-order chi connectivity index (χ0) is 16.3. The standard InChI is InChI=1S/C12H20NO5PS2/c1-5-16-19(20,17-6-2)18-11-8-7-9(3)12(10(11)4)21(13,14)15/h7-8H,5-6H2,1-4H3,(H2,13,14,15). The maximum Gasteiger partial charge on any atom is 0.380 e. The smallest absolute Gasteiger partial charge is 0.380 e. The lowest BCUT2D eigenvalue weighted by Crippen LogP contribution is -2.16. The molecule has 1 aromatic carbocycles. The zero-order valence-electron chi connectivity index (χ0n) is 12.5. The molecule has 1 rings (SSSR count). The molecule has 0 amide bonds. The number of nitrogens with two attached hydrogens (primary N) is 1. The van der Waals surface area contributed by atoms with Gasteiger partial charge in [-0.15, -0.1) is 0 Å². The first kappa shape index (κ1) is 18.5. The Labute approximate surface area is 130 Å². The lowest BCUT2D eigenvalue weighted by atomic mass is 10.1. The van der Waals surface area contributed by atoms with Crippen molar-refractivity contribution in [1.82, 2.24) is 0 Å². The number of aryl methyl sites for hydroxylation is 1. The third-order valence-corrected chi connectivity index (χ3v) is 6.24. The van der Waals surface area contributed by atoms with Crippen molar-refractivity contribution < 1.29 is 22.0 Å². The Kier molecular flexibility index (Phi) is 6.34. The molecule has 0 unspecified atom stereocenters. The van der Waals surface area contributed by atoms with Crippen LogP contribution in [0.3, 0.4) is 0 Å². The summed E-state index contributed by atoms with van der Waals surface area (Å²) in [6.45, 7) is 4.55. The molecule has 0 fully saturated rings. The minimum absolute atomic E-state index is 0.0366. The molecular weight excluding hydrogens is 333 g/mol. The fraction of sp³-hybridized carbons (Fsp3) is 0.500. The highest BCUT2D eigenvalue weighted by atomic mass is 32.5. The molecule has 0 spiro atoms. The van der Waals surface area contributed by atoms with E-state index in [1.54, 1.807) is 39.8 Å². The maximum absolute atomic E-state index is 11.7. The molecule has 0 aromatic heterocycles. The lowest BCUT2D eigenvalue weighted by molar-refractivity contribution is 0.217. The van der Waals surface area contributed by atoms with Crippen LogP contribution in [0.15, 0.2) is 17.0 Å². The third-order valence-electron chi connectivity index (χ3n) is 2.62. The summed E-state index contributed by atoms with van der Waals surface area (Å²) in [5.74, 6) is 0.301. The van der Waals surface area contributed by atoms with Crippen molar-refractivity contribution in [3.63, 3.8) is 0 Å². The molecule has 0 aliphatic heterocycles. The number of primary sulfonamides is 1. The van der Waals surface area contributed by atoms with Crippen LogP contribution in [0.5, 0.6) is 5.75 Å². The van der Waals surface area contributed by atoms with E-state index in [1.807, 2.05) is 0 Å². The van der Waals surface area contributed by atoms with E-state index in [0.717, 1.165) is 0 Å². The molecule has 0 heterocycles. The van der Waals surface area contributed by atoms with Gasteiger partial charge in [0.05, 0.1) is 18.1 Å². The molecule has 0 radical (unpaired) electrons. The number of sulfonamides is 1. The first-order chi connectivity index (χ1) is 9.64. The van der Waals surface area contributed by atoms with E-state index in [0.29, 0.717) is 30.1 Å². The fourth-order valence-corrected chi connectivity index (χ4v) is 5.04. The van der Waals surface area contributed by atoms with Crippen LogP contribution in [0.4, 0.5) is 0 Å². The summed E-state index contributed by atoms with van der Waals surface area (Å²) >= 11 is 5.28. The van der Waals surface area contributed by atoms with Gasteiger partial charge in [0.15, 0.2) is 0 Å². The average molecular weight is 353 g/mol. The Balaban J connectivity index is 3.30. The van der Waals surface area contributed by atoms with Crippen LogP contribution in [-0.4, -0.2) is 21.6 Å². The largest absolute Gasteiger partial charge is 0.424 e. The molecule has 120 valence electrons. The second-order valence-electron chi connectivity index (χ2n) is 4.25. The number of hydrogen-bond acceptors (Lipinski definition) is 6. The van der Waals surface area contributed by atoms with E-state index < -0.39 is 16.7 Å². The Bertz CT molecular complexity index is 650. The van der Waals surface area contributed by atoms with E-state index in [4.69, 9.17) is 30.5 Å². The molecule has 9 heteroatoms. The molecule has 2 N–H and O–H groups in total. The molecule has 0 bridgehead atoms. The van der Waals surface area contributed by atoms with Crippen LogP contribution < -0.4 is 9.66 Å². The van der Waals surface area contributed by atoms with Crippen molar-refractivity contribution in [3.05, 3.63) is 23.3 Å². The van der Waals surface area contributed by atoms with E-state index in [2.05, 4.69) is 0 Å². The van der Waals surface area contributed by atoms with Crippen molar-refractivity contribution in [3.8, 4) is 5.75 Å². The highest BCUT2D eigenvalue weighted by Crippen LogP contribution is 2.50. The summed E-state index contributed by atoms with van der Waals surface area (Å²) in [6, 6.07) is 3.25. The Hall–Kier alpha value is -0.500.